The lowest BCUT2D eigenvalue weighted by Gasteiger charge is -2.35. The van der Waals surface area contributed by atoms with Crippen molar-refractivity contribution in [1.82, 2.24) is 19.9 Å². The number of piperazine rings is 1. The number of nitrogens with one attached hydrogen (secondary N) is 1. The summed E-state index contributed by atoms with van der Waals surface area (Å²) in [6, 6.07) is 7.39. The molecule has 1 aliphatic carbocycles. The van der Waals surface area contributed by atoms with Crippen LogP contribution in [0.15, 0.2) is 42.4 Å². The van der Waals surface area contributed by atoms with Crippen molar-refractivity contribution in [3.8, 4) is 11.6 Å². The van der Waals surface area contributed by atoms with E-state index in [0.29, 0.717) is 17.2 Å². The van der Waals surface area contributed by atoms with Gasteiger partial charge in [-0.2, -0.15) is 4.98 Å². The summed E-state index contributed by atoms with van der Waals surface area (Å²) < 4.78 is 20.7. The smallest absolute Gasteiger partial charge is 0.248 e. The fourth-order valence-corrected chi connectivity index (χ4v) is 4.35. The summed E-state index contributed by atoms with van der Waals surface area (Å²) in [6.07, 6.45) is 5.75. The van der Waals surface area contributed by atoms with E-state index in [0.717, 1.165) is 56.0 Å². The third-order valence-electron chi connectivity index (χ3n) is 6.33. The van der Waals surface area contributed by atoms with Gasteiger partial charge in [0.2, 0.25) is 5.88 Å². The molecule has 0 bridgehead atoms. The molecule has 0 unspecified atom stereocenters. The van der Waals surface area contributed by atoms with Gasteiger partial charge in [0, 0.05) is 31.7 Å². The normalized spacial score (nSPS) is 15.7. The molecule has 2 aliphatic rings. The molecule has 0 radical (unpaired) electrons. The SMILES string of the molecule is CCN1CCN(c2ccc(Nc3ncnc(Oc4ccc5c(c4F)C=C(C)C5)c3N)nc2)CC1. The summed E-state index contributed by atoms with van der Waals surface area (Å²) in [6.45, 7) is 9.32. The summed E-state index contributed by atoms with van der Waals surface area (Å²) in [5.74, 6) is 0.682. The molecule has 2 aromatic heterocycles. The first-order valence-electron chi connectivity index (χ1n) is 11.5. The second-order valence-corrected chi connectivity index (χ2v) is 8.61. The third kappa shape index (κ3) is 4.38. The highest BCUT2D eigenvalue weighted by atomic mass is 19.1. The minimum Gasteiger partial charge on any atom is -0.434 e. The number of fused-ring (bicyclic) bond motifs is 1. The van der Waals surface area contributed by atoms with Gasteiger partial charge in [-0.15, -0.1) is 0 Å². The number of pyridine rings is 1. The Morgan fingerprint density at radius 3 is 2.65 bits per heavy atom. The van der Waals surface area contributed by atoms with Gasteiger partial charge < -0.3 is 25.6 Å². The van der Waals surface area contributed by atoms with Crippen molar-refractivity contribution in [2.45, 2.75) is 20.3 Å². The first-order valence-corrected chi connectivity index (χ1v) is 11.5. The van der Waals surface area contributed by atoms with Gasteiger partial charge in [0.1, 0.15) is 17.8 Å². The molecule has 1 aromatic carbocycles. The van der Waals surface area contributed by atoms with Crippen LogP contribution in [-0.4, -0.2) is 52.6 Å². The zero-order valence-corrected chi connectivity index (χ0v) is 19.4. The van der Waals surface area contributed by atoms with Crippen LogP contribution in [0.3, 0.4) is 0 Å². The predicted molar refractivity (Wildman–Crippen MR) is 132 cm³/mol. The number of nitrogens with two attached hydrogens (primary N) is 1. The molecule has 34 heavy (non-hydrogen) atoms. The largest absolute Gasteiger partial charge is 0.434 e. The first-order chi connectivity index (χ1) is 16.5. The van der Waals surface area contributed by atoms with E-state index in [2.05, 4.69) is 37.0 Å². The second kappa shape index (κ2) is 9.26. The Morgan fingerprint density at radius 1 is 1.09 bits per heavy atom. The number of allylic oxidation sites excluding steroid dienone is 1. The molecule has 3 aromatic rings. The molecule has 0 spiro atoms. The van der Waals surface area contributed by atoms with Crippen LogP contribution in [0.1, 0.15) is 25.0 Å². The van der Waals surface area contributed by atoms with E-state index in [1.54, 1.807) is 6.07 Å². The number of nitrogen functional groups attached to an aromatic ring is 1. The number of benzene rings is 1. The number of hydrogen-bond acceptors (Lipinski definition) is 8. The van der Waals surface area contributed by atoms with E-state index in [9.17, 15) is 4.39 Å². The van der Waals surface area contributed by atoms with E-state index in [-0.39, 0.29) is 17.3 Å². The fraction of sp³-hybridized carbons (Fsp3) is 0.320. The minimum atomic E-state index is -0.418. The number of halogens is 1. The van der Waals surface area contributed by atoms with Crippen LogP contribution in [-0.2, 0) is 6.42 Å². The zero-order chi connectivity index (χ0) is 23.7. The number of rotatable bonds is 6. The summed E-state index contributed by atoms with van der Waals surface area (Å²) in [5.41, 5.74) is 10.1. The summed E-state index contributed by atoms with van der Waals surface area (Å²) in [5, 5.41) is 3.11. The Hall–Kier alpha value is -3.72. The average molecular weight is 462 g/mol. The van der Waals surface area contributed by atoms with E-state index >= 15 is 0 Å². The maximum atomic E-state index is 15.0. The molecular weight excluding hydrogens is 433 g/mol. The number of aromatic nitrogens is 3. The van der Waals surface area contributed by atoms with Crippen molar-refractivity contribution < 1.29 is 9.13 Å². The molecule has 1 saturated heterocycles. The maximum absolute atomic E-state index is 15.0. The van der Waals surface area contributed by atoms with Crippen LogP contribution in [0.2, 0.25) is 0 Å². The van der Waals surface area contributed by atoms with Crippen molar-refractivity contribution in [1.29, 1.82) is 0 Å². The van der Waals surface area contributed by atoms with Gasteiger partial charge in [0.25, 0.3) is 0 Å². The minimum absolute atomic E-state index is 0.0756. The Morgan fingerprint density at radius 2 is 1.91 bits per heavy atom. The van der Waals surface area contributed by atoms with E-state index in [4.69, 9.17) is 10.5 Å². The summed E-state index contributed by atoms with van der Waals surface area (Å²) in [4.78, 5) is 17.6. The molecule has 0 saturated carbocycles. The molecule has 3 heterocycles. The quantitative estimate of drug-likeness (QED) is 0.564. The van der Waals surface area contributed by atoms with Crippen molar-refractivity contribution in [2.24, 2.45) is 0 Å². The number of hydrogen-bond donors (Lipinski definition) is 2. The van der Waals surface area contributed by atoms with Gasteiger partial charge in [-0.25, -0.2) is 14.4 Å². The molecule has 9 heteroatoms. The second-order valence-electron chi connectivity index (χ2n) is 8.61. The van der Waals surface area contributed by atoms with Gasteiger partial charge in [0.15, 0.2) is 17.4 Å². The van der Waals surface area contributed by atoms with Gasteiger partial charge in [0.05, 0.1) is 11.9 Å². The Balaban J connectivity index is 1.30. The molecule has 176 valence electrons. The number of nitrogens with zero attached hydrogens (tertiary/aromatic N) is 5. The van der Waals surface area contributed by atoms with Gasteiger partial charge in [-0.3, -0.25) is 0 Å². The van der Waals surface area contributed by atoms with Crippen LogP contribution < -0.4 is 20.7 Å². The molecular formula is C25H28FN7O. The van der Waals surface area contributed by atoms with Crippen LogP contribution in [0.25, 0.3) is 6.08 Å². The molecule has 1 aliphatic heterocycles. The topological polar surface area (TPSA) is 92.4 Å². The molecule has 8 nitrogen and oxygen atoms in total. The number of likely N-dealkylation sites (N-methyl/N-ethyl adjacent to an activating group) is 1. The highest BCUT2D eigenvalue weighted by Gasteiger charge is 2.20. The fourth-order valence-electron chi connectivity index (χ4n) is 4.35. The molecule has 5 rings (SSSR count). The van der Waals surface area contributed by atoms with E-state index in [1.165, 1.54) is 6.33 Å². The Kier molecular flexibility index (Phi) is 6.02. The van der Waals surface area contributed by atoms with Crippen LogP contribution in [0, 0.1) is 5.82 Å². The molecule has 0 atom stereocenters. The van der Waals surface area contributed by atoms with E-state index in [1.807, 2.05) is 37.4 Å². The van der Waals surface area contributed by atoms with Crippen molar-refractivity contribution in [3.05, 3.63) is 59.3 Å². The lowest BCUT2D eigenvalue weighted by atomic mass is 10.1. The average Bonchev–Trinajstić information content (AvgIpc) is 3.25. The van der Waals surface area contributed by atoms with Crippen LogP contribution in [0.5, 0.6) is 11.6 Å². The van der Waals surface area contributed by atoms with E-state index < -0.39 is 5.82 Å². The first kappa shape index (κ1) is 22.1. The molecule has 3 N–H and O–H groups in total. The van der Waals surface area contributed by atoms with Crippen LogP contribution in [0.4, 0.5) is 27.4 Å². The summed E-state index contributed by atoms with van der Waals surface area (Å²) >= 11 is 0. The number of anilines is 4. The molecule has 1 fully saturated rings. The van der Waals surface area contributed by atoms with Crippen LogP contribution >= 0.6 is 0 Å². The monoisotopic (exact) mass is 461 g/mol. The van der Waals surface area contributed by atoms with Gasteiger partial charge in [-0.05, 0) is 43.7 Å². The Labute approximate surface area is 198 Å². The van der Waals surface area contributed by atoms with Crippen molar-refractivity contribution in [3.63, 3.8) is 0 Å². The summed E-state index contributed by atoms with van der Waals surface area (Å²) in [7, 11) is 0. The Bertz CT molecular complexity index is 1220. The number of ether oxygens (including phenoxy) is 1. The maximum Gasteiger partial charge on any atom is 0.248 e. The van der Waals surface area contributed by atoms with Crippen molar-refractivity contribution in [2.75, 3.05) is 48.7 Å². The van der Waals surface area contributed by atoms with Gasteiger partial charge >= 0.3 is 0 Å². The lowest BCUT2D eigenvalue weighted by molar-refractivity contribution is 0.271. The zero-order valence-electron chi connectivity index (χ0n) is 19.4. The van der Waals surface area contributed by atoms with Crippen molar-refractivity contribution >= 4 is 29.1 Å². The van der Waals surface area contributed by atoms with Gasteiger partial charge in [-0.1, -0.05) is 24.6 Å². The lowest BCUT2D eigenvalue weighted by Crippen LogP contribution is -2.46. The third-order valence-corrected chi connectivity index (χ3v) is 6.33. The molecule has 0 amide bonds. The predicted octanol–water partition coefficient (Wildman–Crippen LogP) is 4.23. The highest BCUT2D eigenvalue weighted by Crippen LogP contribution is 2.36. The highest BCUT2D eigenvalue weighted by molar-refractivity contribution is 5.72. The standard InChI is InChI=1S/C25H28FN7O/c1-3-32-8-10-33(11-9-32)18-5-7-21(28-14-18)31-24-23(27)25(30-15-29-24)34-20-6-4-17-12-16(2)13-19(17)22(20)26/h4-7,13-15H,3,8-12,27H2,1-2H3,(H,28,29,30,31).